The maximum atomic E-state index is 14.0. The van der Waals surface area contributed by atoms with Crippen LogP contribution >= 0.6 is 0 Å². The monoisotopic (exact) mass is 454 g/mol. The van der Waals surface area contributed by atoms with Crippen LogP contribution in [-0.4, -0.2) is 44.7 Å². The Balaban J connectivity index is 1.98. The SMILES string of the molecule is CC(=O)C1C(=O)C(C(C)C)[C@@]2(C)C[C@@]3(C)Cc4ccc(C)c(O)c4C(=O)C3C(=O)[C@@]2(O)C1=O. The van der Waals surface area contributed by atoms with Gasteiger partial charge in [0.25, 0.3) is 0 Å². The van der Waals surface area contributed by atoms with Crippen molar-refractivity contribution in [1.29, 1.82) is 0 Å². The van der Waals surface area contributed by atoms with E-state index in [1.165, 1.54) is 0 Å². The van der Waals surface area contributed by atoms with Gasteiger partial charge in [-0.05, 0) is 49.1 Å². The number of aryl methyl sites for hydroxylation is 1. The summed E-state index contributed by atoms with van der Waals surface area (Å²) in [6.07, 6.45) is 0.338. The number of carbonyl (C=O) groups is 5. The van der Waals surface area contributed by atoms with E-state index in [1.807, 2.05) is 0 Å². The van der Waals surface area contributed by atoms with Gasteiger partial charge in [-0.2, -0.15) is 0 Å². The van der Waals surface area contributed by atoms with E-state index in [0.29, 0.717) is 11.1 Å². The molecule has 0 spiro atoms. The van der Waals surface area contributed by atoms with Crippen LogP contribution in [0.25, 0.3) is 0 Å². The Hall–Kier alpha value is -2.67. The van der Waals surface area contributed by atoms with Gasteiger partial charge in [-0.25, -0.2) is 0 Å². The van der Waals surface area contributed by atoms with Crippen molar-refractivity contribution in [3.05, 3.63) is 28.8 Å². The predicted molar refractivity (Wildman–Crippen MR) is 118 cm³/mol. The van der Waals surface area contributed by atoms with Crippen molar-refractivity contribution in [3.63, 3.8) is 0 Å². The number of phenols is 1. The number of phenolic OH excluding ortho intramolecular Hbond substituents is 1. The first-order valence-corrected chi connectivity index (χ1v) is 11.3. The number of fused-ring (bicyclic) bond motifs is 3. The molecule has 2 N–H and O–H groups in total. The minimum Gasteiger partial charge on any atom is -0.507 e. The first-order valence-electron chi connectivity index (χ1n) is 11.3. The summed E-state index contributed by atoms with van der Waals surface area (Å²) in [7, 11) is 0. The number of aromatic hydroxyl groups is 1. The van der Waals surface area contributed by atoms with E-state index in [0.717, 1.165) is 6.92 Å². The smallest absolute Gasteiger partial charge is 0.190 e. The molecular weight excluding hydrogens is 424 g/mol. The van der Waals surface area contributed by atoms with Crippen LogP contribution in [-0.2, 0) is 25.6 Å². The molecule has 7 nitrogen and oxygen atoms in total. The van der Waals surface area contributed by atoms with Gasteiger partial charge in [-0.3, -0.25) is 24.0 Å². The molecule has 2 fully saturated rings. The van der Waals surface area contributed by atoms with Crippen LogP contribution in [0.2, 0.25) is 0 Å². The van der Waals surface area contributed by atoms with Crippen LogP contribution in [0, 0.1) is 41.4 Å². The molecule has 0 bridgehead atoms. The summed E-state index contributed by atoms with van der Waals surface area (Å²) in [4.78, 5) is 66.8. The lowest BCUT2D eigenvalue weighted by Gasteiger charge is -2.61. The summed E-state index contributed by atoms with van der Waals surface area (Å²) in [6.45, 7) is 9.61. The second-order valence-corrected chi connectivity index (χ2v) is 11.1. The molecule has 0 amide bonds. The van der Waals surface area contributed by atoms with Crippen LogP contribution in [0.15, 0.2) is 12.1 Å². The average molecular weight is 455 g/mol. The maximum absolute atomic E-state index is 14.0. The van der Waals surface area contributed by atoms with Gasteiger partial charge >= 0.3 is 0 Å². The van der Waals surface area contributed by atoms with Gasteiger partial charge in [-0.15, -0.1) is 0 Å². The van der Waals surface area contributed by atoms with Crippen molar-refractivity contribution >= 4 is 28.9 Å². The molecule has 4 rings (SSSR count). The zero-order valence-electron chi connectivity index (χ0n) is 19.8. The average Bonchev–Trinajstić information content (AvgIpc) is 2.67. The normalized spacial score (nSPS) is 38.1. The second kappa shape index (κ2) is 6.92. The van der Waals surface area contributed by atoms with Gasteiger partial charge < -0.3 is 10.2 Å². The van der Waals surface area contributed by atoms with E-state index < -0.39 is 63.1 Å². The van der Waals surface area contributed by atoms with Crippen molar-refractivity contribution in [2.45, 2.75) is 60.0 Å². The van der Waals surface area contributed by atoms with E-state index in [-0.39, 0.29) is 30.1 Å². The fourth-order valence-electron chi connectivity index (χ4n) is 7.23. The lowest BCUT2D eigenvalue weighted by Crippen LogP contribution is -2.76. The van der Waals surface area contributed by atoms with Crippen LogP contribution in [0.4, 0.5) is 0 Å². The molecule has 7 heteroatoms. The summed E-state index contributed by atoms with van der Waals surface area (Å²) >= 11 is 0. The molecule has 1 aromatic rings. The van der Waals surface area contributed by atoms with E-state index in [4.69, 9.17) is 0 Å². The van der Waals surface area contributed by atoms with Crippen molar-refractivity contribution in [2.24, 2.45) is 34.5 Å². The molecule has 33 heavy (non-hydrogen) atoms. The highest BCUT2D eigenvalue weighted by atomic mass is 16.3. The van der Waals surface area contributed by atoms with Gasteiger partial charge in [-0.1, -0.05) is 39.8 Å². The highest BCUT2D eigenvalue weighted by Gasteiger charge is 2.76. The number of benzene rings is 1. The Morgan fingerprint density at radius 2 is 1.70 bits per heavy atom. The molecule has 0 aliphatic heterocycles. The number of Topliss-reactive ketones (excluding diaryl/α,β-unsaturated/α-hetero) is 5. The first-order chi connectivity index (χ1) is 15.1. The van der Waals surface area contributed by atoms with Crippen LogP contribution in [0.3, 0.4) is 0 Å². The minimum absolute atomic E-state index is 0.0425. The number of aliphatic hydroxyl groups is 1. The van der Waals surface area contributed by atoms with Crippen LogP contribution in [0.5, 0.6) is 5.75 Å². The first kappa shape index (κ1) is 23.5. The third kappa shape index (κ3) is 2.68. The third-order valence-electron chi connectivity index (χ3n) is 8.45. The number of carbonyl (C=O) groups excluding carboxylic acids is 5. The lowest BCUT2D eigenvalue weighted by molar-refractivity contribution is -0.205. The quantitative estimate of drug-likeness (QED) is 0.657. The fourth-order valence-corrected chi connectivity index (χ4v) is 7.23. The summed E-state index contributed by atoms with van der Waals surface area (Å²) in [6, 6.07) is 3.45. The van der Waals surface area contributed by atoms with Crippen LogP contribution < -0.4 is 0 Å². The molecule has 0 saturated heterocycles. The highest BCUT2D eigenvalue weighted by Crippen LogP contribution is 2.63. The molecular formula is C26H30O7. The van der Waals surface area contributed by atoms with Gasteiger partial charge in [0.2, 0.25) is 0 Å². The fraction of sp³-hybridized carbons (Fsp3) is 0.577. The van der Waals surface area contributed by atoms with Crippen molar-refractivity contribution in [2.75, 3.05) is 0 Å². The summed E-state index contributed by atoms with van der Waals surface area (Å²) < 4.78 is 0. The zero-order valence-corrected chi connectivity index (χ0v) is 19.8. The number of hydrogen-bond donors (Lipinski definition) is 2. The molecule has 3 aliphatic carbocycles. The van der Waals surface area contributed by atoms with Gasteiger partial charge in [0, 0.05) is 11.3 Å². The Morgan fingerprint density at radius 1 is 1.09 bits per heavy atom. The van der Waals surface area contributed by atoms with Crippen LogP contribution in [0.1, 0.15) is 62.5 Å². The largest absolute Gasteiger partial charge is 0.507 e. The van der Waals surface area contributed by atoms with Crippen molar-refractivity contribution in [1.82, 2.24) is 0 Å². The summed E-state index contributed by atoms with van der Waals surface area (Å²) in [5.74, 6) is -8.60. The molecule has 1 aromatic carbocycles. The second-order valence-electron chi connectivity index (χ2n) is 11.1. The predicted octanol–water partition coefficient (Wildman–Crippen LogP) is 2.40. The Bertz CT molecular complexity index is 1150. The molecule has 0 radical (unpaired) electrons. The molecule has 3 aliphatic rings. The zero-order chi connectivity index (χ0) is 24.8. The van der Waals surface area contributed by atoms with E-state index in [2.05, 4.69) is 0 Å². The number of rotatable bonds is 2. The molecule has 2 saturated carbocycles. The van der Waals surface area contributed by atoms with Gasteiger partial charge in [0.15, 0.2) is 28.7 Å². The summed E-state index contributed by atoms with van der Waals surface area (Å²) in [5.41, 5.74) is -3.98. The van der Waals surface area contributed by atoms with Crippen molar-refractivity contribution < 1.29 is 34.2 Å². The van der Waals surface area contributed by atoms with Gasteiger partial charge in [0.05, 0.1) is 11.5 Å². The third-order valence-corrected chi connectivity index (χ3v) is 8.45. The maximum Gasteiger partial charge on any atom is 0.190 e. The topological polar surface area (TPSA) is 126 Å². The van der Waals surface area contributed by atoms with Crippen molar-refractivity contribution in [3.8, 4) is 5.75 Å². The van der Waals surface area contributed by atoms with E-state index in [9.17, 15) is 34.2 Å². The minimum atomic E-state index is -2.65. The van der Waals surface area contributed by atoms with Gasteiger partial charge in [0.1, 0.15) is 17.5 Å². The Morgan fingerprint density at radius 3 is 2.24 bits per heavy atom. The lowest BCUT2D eigenvalue weighted by atomic mass is 9.40. The molecule has 0 heterocycles. The highest BCUT2D eigenvalue weighted by molar-refractivity contribution is 6.32. The Kier molecular flexibility index (Phi) is 4.92. The molecule has 0 aromatic heterocycles. The number of ketones is 5. The molecule has 6 atom stereocenters. The Labute approximate surface area is 192 Å². The molecule has 176 valence electrons. The van der Waals surface area contributed by atoms with E-state index >= 15 is 0 Å². The van der Waals surface area contributed by atoms with E-state index in [1.54, 1.807) is 46.8 Å². The summed E-state index contributed by atoms with van der Waals surface area (Å²) in [5, 5.41) is 22.5. The standard InChI is InChI=1S/C26H30O7/c1-11(2)17-20(29)15(13(4)27)22(31)26(33)23(32)18-21(30)16-14(8-7-12(3)19(16)28)9-24(18,5)10-25(17,26)6/h7-8,11,15,17-18,28,33H,9-10H2,1-6H3/t15?,17?,18?,24-,25-,26+/m1/s1. The molecule has 3 unspecified atom stereocenters. The number of hydrogen-bond acceptors (Lipinski definition) is 7.